The molecule has 0 saturated heterocycles. The maximum absolute atomic E-state index is 10.7. The first-order valence-electron chi connectivity index (χ1n) is 7.99. The van der Waals surface area contributed by atoms with E-state index in [-0.39, 0.29) is 12.3 Å². The number of nitro groups is 1. The van der Waals surface area contributed by atoms with Crippen molar-refractivity contribution in [3.05, 3.63) is 92.0 Å². The quantitative estimate of drug-likeness (QED) is 0.356. The lowest BCUT2D eigenvalue weighted by atomic mass is 10.2. The summed E-state index contributed by atoms with van der Waals surface area (Å²) in [7, 11) is 0. The average Bonchev–Trinajstić information content (AvgIpc) is 2.68. The predicted octanol–water partition coefficient (Wildman–Crippen LogP) is 6.14. The van der Waals surface area contributed by atoms with E-state index in [0.29, 0.717) is 32.9 Å². The molecule has 0 fully saturated rings. The molecule has 8 heteroatoms. The van der Waals surface area contributed by atoms with Crippen molar-refractivity contribution < 1.29 is 14.4 Å². The molecule has 0 amide bonds. The van der Waals surface area contributed by atoms with Crippen LogP contribution >= 0.6 is 23.2 Å². The molecule has 0 atom stereocenters. The molecule has 0 unspecified atom stereocenters. The van der Waals surface area contributed by atoms with Gasteiger partial charge < -0.3 is 9.47 Å². The SMILES string of the molecule is N#Cc1cc(Cl)cc(Oc2cc(OCc3ccc([N+](=O)[O-])cc3)ccc2Cl)c1. The van der Waals surface area contributed by atoms with Crippen LogP contribution < -0.4 is 9.47 Å². The fourth-order valence-corrected chi connectivity index (χ4v) is 2.73. The van der Waals surface area contributed by atoms with Gasteiger partial charge in [-0.2, -0.15) is 5.26 Å². The number of hydrogen-bond acceptors (Lipinski definition) is 5. The summed E-state index contributed by atoms with van der Waals surface area (Å²) < 4.78 is 11.5. The van der Waals surface area contributed by atoms with E-state index < -0.39 is 4.92 Å². The van der Waals surface area contributed by atoms with E-state index >= 15 is 0 Å². The minimum absolute atomic E-state index is 0.0178. The van der Waals surface area contributed by atoms with Crippen molar-refractivity contribution in [2.45, 2.75) is 6.61 Å². The Morgan fingerprint density at radius 3 is 2.43 bits per heavy atom. The zero-order valence-corrected chi connectivity index (χ0v) is 15.8. The molecule has 0 aliphatic carbocycles. The van der Waals surface area contributed by atoms with Crippen molar-refractivity contribution in [2.24, 2.45) is 0 Å². The number of benzene rings is 3. The molecule has 0 bridgehead atoms. The highest BCUT2D eigenvalue weighted by Gasteiger charge is 2.09. The number of rotatable bonds is 6. The van der Waals surface area contributed by atoms with E-state index in [1.54, 1.807) is 42.5 Å². The van der Waals surface area contributed by atoms with Gasteiger partial charge in [0.25, 0.3) is 5.69 Å². The molecule has 0 aliphatic rings. The molecule has 0 N–H and O–H groups in total. The maximum atomic E-state index is 10.7. The number of hydrogen-bond donors (Lipinski definition) is 0. The van der Waals surface area contributed by atoms with Gasteiger partial charge in [-0.3, -0.25) is 10.1 Å². The van der Waals surface area contributed by atoms with Gasteiger partial charge in [0, 0.05) is 23.2 Å². The van der Waals surface area contributed by atoms with E-state index in [4.69, 9.17) is 37.9 Å². The third-order valence-corrected chi connectivity index (χ3v) is 4.21. The van der Waals surface area contributed by atoms with Crippen molar-refractivity contribution in [1.82, 2.24) is 0 Å². The third-order valence-electron chi connectivity index (χ3n) is 3.68. The number of nitrogens with zero attached hydrogens (tertiary/aromatic N) is 2. The fourth-order valence-electron chi connectivity index (χ4n) is 2.35. The van der Waals surface area contributed by atoms with Crippen molar-refractivity contribution in [1.29, 1.82) is 5.26 Å². The minimum atomic E-state index is -0.457. The summed E-state index contributed by atoms with van der Waals surface area (Å²) in [5, 5.41) is 20.5. The summed E-state index contributed by atoms with van der Waals surface area (Å²) >= 11 is 12.2. The Balaban J connectivity index is 1.73. The normalized spacial score (nSPS) is 10.2. The number of ether oxygens (including phenoxy) is 2. The summed E-state index contributed by atoms with van der Waals surface area (Å²) in [4.78, 5) is 10.2. The Morgan fingerprint density at radius 2 is 1.75 bits per heavy atom. The molecular formula is C20H12Cl2N2O4. The zero-order valence-electron chi connectivity index (χ0n) is 14.3. The molecule has 3 rings (SSSR count). The van der Waals surface area contributed by atoms with Crippen LogP contribution in [-0.4, -0.2) is 4.92 Å². The van der Waals surface area contributed by atoms with Crippen LogP contribution in [0.1, 0.15) is 11.1 Å². The molecule has 3 aromatic rings. The summed E-state index contributed by atoms with van der Waals surface area (Å²) in [6.45, 7) is 0.217. The first-order valence-corrected chi connectivity index (χ1v) is 8.74. The highest BCUT2D eigenvalue weighted by Crippen LogP contribution is 2.34. The number of non-ortho nitro benzene ring substituents is 1. The van der Waals surface area contributed by atoms with Gasteiger partial charge in [0.1, 0.15) is 23.9 Å². The molecule has 0 heterocycles. The standard InChI is InChI=1S/C20H12Cl2N2O4/c21-15-7-14(11-23)8-18(9-15)28-20-10-17(5-6-19(20)22)27-12-13-1-3-16(4-2-13)24(25)26/h1-10H,12H2. The van der Waals surface area contributed by atoms with Crippen LogP contribution in [0.2, 0.25) is 10.0 Å². The van der Waals surface area contributed by atoms with Gasteiger partial charge in [0.05, 0.1) is 21.6 Å². The molecule has 0 aromatic heterocycles. The Labute approximate surface area is 170 Å². The second-order valence-electron chi connectivity index (χ2n) is 5.69. The molecule has 0 saturated carbocycles. The van der Waals surface area contributed by atoms with Crippen molar-refractivity contribution >= 4 is 28.9 Å². The second-order valence-corrected chi connectivity index (χ2v) is 6.54. The van der Waals surface area contributed by atoms with Crippen LogP contribution in [0.4, 0.5) is 5.69 Å². The minimum Gasteiger partial charge on any atom is -0.489 e. The summed E-state index contributed by atoms with van der Waals surface area (Å²) in [6.07, 6.45) is 0. The van der Waals surface area contributed by atoms with E-state index in [2.05, 4.69) is 0 Å². The fraction of sp³-hybridized carbons (Fsp3) is 0.0500. The van der Waals surface area contributed by atoms with Gasteiger partial charge in [-0.05, 0) is 48.0 Å². The predicted molar refractivity (Wildman–Crippen MR) is 105 cm³/mol. The molecule has 0 spiro atoms. The van der Waals surface area contributed by atoms with Gasteiger partial charge in [-0.25, -0.2) is 0 Å². The smallest absolute Gasteiger partial charge is 0.269 e. The first kappa shape index (κ1) is 19.5. The Hall–Kier alpha value is -3.27. The number of nitro benzene ring substituents is 1. The Kier molecular flexibility index (Phi) is 5.99. The Bertz CT molecular complexity index is 1060. The lowest BCUT2D eigenvalue weighted by Crippen LogP contribution is -1.96. The van der Waals surface area contributed by atoms with Crippen LogP contribution in [0.5, 0.6) is 17.2 Å². The van der Waals surface area contributed by atoms with E-state index in [1.807, 2.05) is 6.07 Å². The molecule has 140 valence electrons. The summed E-state index contributed by atoms with van der Waals surface area (Å²) in [5.41, 5.74) is 1.16. The largest absolute Gasteiger partial charge is 0.489 e. The highest BCUT2D eigenvalue weighted by molar-refractivity contribution is 6.32. The lowest BCUT2D eigenvalue weighted by Gasteiger charge is -2.11. The molecule has 0 aliphatic heterocycles. The summed E-state index contributed by atoms with van der Waals surface area (Å²) in [5.74, 6) is 1.22. The molecule has 3 aromatic carbocycles. The lowest BCUT2D eigenvalue weighted by molar-refractivity contribution is -0.384. The second kappa shape index (κ2) is 8.61. The number of nitriles is 1. The van der Waals surface area contributed by atoms with Crippen LogP contribution in [0, 0.1) is 21.4 Å². The number of halogens is 2. The first-order chi connectivity index (χ1) is 13.4. The van der Waals surface area contributed by atoms with Gasteiger partial charge >= 0.3 is 0 Å². The van der Waals surface area contributed by atoms with Crippen molar-refractivity contribution in [2.75, 3.05) is 0 Å². The van der Waals surface area contributed by atoms with E-state index in [1.165, 1.54) is 18.2 Å². The monoisotopic (exact) mass is 414 g/mol. The van der Waals surface area contributed by atoms with Gasteiger partial charge in [0.2, 0.25) is 0 Å². The molecular weight excluding hydrogens is 403 g/mol. The van der Waals surface area contributed by atoms with Gasteiger partial charge in [-0.1, -0.05) is 23.2 Å². The van der Waals surface area contributed by atoms with Crippen LogP contribution in [0.3, 0.4) is 0 Å². The van der Waals surface area contributed by atoms with E-state index in [9.17, 15) is 10.1 Å². The third kappa shape index (κ3) is 4.92. The molecule has 6 nitrogen and oxygen atoms in total. The van der Waals surface area contributed by atoms with Gasteiger partial charge in [0.15, 0.2) is 0 Å². The van der Waals surface area contributed by atoms with Crippen molar-refractivity contribution in [3.63, 3.8) is 0 Å². The summed E-state index contributed by atoms with van der Waals surface area (Å²) in [6, 6.07) is 17.7. The van der Waals surface area contributed by atoms with Crippen LogP contribution in [0.15, 0.2) is 60.7 Å². The van der Waals surface area contributed by atoms with Crippen LogP contribution in [-0.2, 0) is 6.61 Å². The Morgan fingerprint density at radius 1 is 1.00 bits per heavy atom. The van der Waals surface area contributed by atoms with Gasteiger partial charge in [-0.15, -0.1) is 0 Å². The van der Waals surface area contributed by atoms with Crippen molar-refractivity contribution in [3.8, 4) is 23.3 Å². The van der Waals surface area contributed by atoms with Crippen LogP contribution in [0.25, 0.3) is 0 Å². The highest BCUT2D eigenvalue weighted by atomic mass is 35.5. The zero-order chi connectivity index (χ0) is 20.1. The maximum Gasteiger partial charge on any atom is 0.269 e. The average molecular weight is 415 g/mol. The van der Waals surface area contributed by atoms with E-state index in [0.717, 1.165) is 5.56 Å². The topological polar surface area (TPSA) is 85.4 Å². The molecule has 28 heavy (non-hydrogen) atoms. The molecule has 0 radical (unpaired) electrons.